The van der Waals surface area contributed by atoms with E-state index in [1.807, 2.05) is 13.1 Å². The van der Waals surface area contributed by atoms with Crippen molar-refractivity contribution in [2.24, 2.45) is 0 Å². The third kappa shape index (κ3) is 4.94. The Labute approximate surface area is 250 Å². The summed E-state index contributed by atoms with van der Waals surface area (Å²) in [5, 5.41) is 40.0. The number of rotatable bonds is 11. The van der Waals surface area contributed by atoms with Crippen LogP contribution in [0.4, 0.5) is 0 Å². The van der Waals surface area contributed by atoms with Gasteiger partial charge in [0, 0.05) is 18.0 Å². The number of nitrogens with zero attached hydrogens (tertiary/aromatic N) is 1. The number of hydrogen-bond donors (Lipinski definition) is 4. The second-order valence-corrected chi connectivity index (χ2v) is 11.4. The maximum absolute atomic E-state index is 13.2. The molecule has 2 bridgehead atoms. The zero-order valence-corrected chi connectivity index (χ0v) is 24.2. The second kappa shape index (κ2) is 11.4. The average molecular weight is 620 g/mol. The number of likely N-dealkylation sites (N-methyl/N-ethyl adjacent to an activating group) is 1. The van der Waals surface area contributed by atoms with Crippen LogP contribution in [0.3, 0.4) is 0 Å². The zero-order valence-electron chi connectivity index (χ0n) is 24.2. The lowest BCUT2D eigenvalue weighted by Gasteiger charge is -2.61. The third-order valence-electron chi connectivity index (χ3n) is 8.90. The van der Waals surface area contributed by atoms with Crippen molar-refractivity contribution in [2.75, 3.05) is 20.7 Å². The molecular weight excluding hydrogens is 586 g/mol. The van der Waals surface area contributed by atoms with E-state index < -0.39 is 78.1 Å². The predicted molar refractivity (Wildman–Crippen MR) is 144 cm³/mol. The number of carboxylic acid groups (broad SMARTS) is 2. The first-order valence-electron chi connectivity index (χ1n) is 14.0. The molecule has 2 aliphatic heterocycles. The van der Waals surface area contributed by atoms with Gasteiger partial charge in [-0.05, 0) is 51.1 Å². The number of esters is 3. The largest absolute Gasteiger partial charge is 0.493 e. The summed E-state index contributed by atoms with van der Waals surface area (Å²) < 4.78 is 27.3. The summed E-state index contributed by atoms with van der Waals surface area (Å²) in [6.45, 7) is 1.66. The first kappa shape index (κ1) is 31.2. The number of hydrogen-bond acceptors (Lipinski definition) is 13. The summed E-state index contributed by atoms with van der Waals surface area (Å²) in [5.41, 5.74) is -0.505. The van der Waals surface area contributed by atoms with Gasteiger partial charge in [0.2, 0.25) is 12.2 Å². The number of likely N-dealkylation sites (tertiary alicyclic amines) is 1. The lowest BCUT2D eigenvalue weighted by atomic mass is 9.50. The number of carboxylic acids is 2. The molecular formula is C29H33NO14. The van der Waals surface area contributed by atoms with Crippen LogP contribution in [0.25, 0.3) is 0 Å². The summed E-state index contributed by atoms with van der Waals surface area (Å²) in [4.78, 5) is 62.7. The van der Waals surface area contributed by atoms with Gasteiger partial charge in [0.05, 0.1) is 31.0 Å². The lowest BCUT2D eigenvalue weighted by molar-refractivity contribution is -0.184. The molecule has 1 aromatic rings. The number of aliphatic hydroxyl groups excluding tert-OH is 1. The normalized spacial score (nSPS) is 28.2. The highest BCUT2D eigenvalue weighted by atomic mass is 16.6. The van der Waals surface area contributed by atoms with Crippen LogP contribution in [0.15, 0.2) is 24.0 Å². The minimum atomic E-state index is -2.14. The van der Waals surface area contributed by atoms with Crippen LogP contribution in [0.1, 0.15) is 43.7 Å². The van der Waals surface area contributed by atoms with E-state index in [2.05, 4.69) is 4.90 Å². The Balaban J connectivity index is 1.42. The van der Waals surface area contributed by atoms with Gasteiger partial charge < -0.3 is 49.0 Å². The van der Waals surface area contributed by atoms with Crippen LogP contribution in [-0.2, 0) is 50.0 Å². The van der Waals surface area contributed by atoms with E-state index in [4.69, 9.17) is 28.8 Å². The SMILES string of the molecule is COc1ccc2c3c1O[C@H]1C(OC(=O)C[C@H](OC(=O)[C@H](C)O)C(=O)O[C@H](CC(=O)O)C(=O)O)=CC[C@@]4(O)[C@@H](C2)N(C)CC[C@]314. The summed E-state index contributed by atoms with van der Waals surface area (Å²) >= 11 is 0. The smallest absolute Gasteiger partial charge is 0.348 e. The number of carbonyl (C=O) groups is 5. The lowest BCUT2D eigenvalue weighted by Crippen LogP contribution is -2.74. The van der Waals surface area contributed by atoms with Gasteiger partial charge in [-0.1, -0.05) is 6.07 Å². The number of carbonyl (C=O) groups excluding carboxylic acids is 3. The quantitative estimate of drug-likeness (QED) is 0.184. The molecule has 0 aromatic heterocycles. The van der Waals surface area contributed by atoms with Crippen molar-refractivity contribution >= 4 is 29.8 Å². The summed E-state index contributed by atoms with van der Waals surface area (Å²) in [6, 6.07) is 3.45. The van der Waals surface area contributed by atoms with E-state index in [0.29, 0.717) is 30.9 Å². The summed E-state index contributed by atoms with van der Waals surface area (Å²) in [7, 11) is 3.43. The summed E-state index contributed by atoms with van der Waals surface area (Å²) in [6.07, 6.45) is -6.27. The van der Waals surface area contributed by atoms with Crippen LogP contribution in [0.5, 0.6) is 11.5 Å². The van der Waals surface area contributed by atoms with E-state index >= 15 is 0 Å². The fourth-order valence-electron chi connectivity index (χ4n) is 6.88. The fourth-order valence-corrected chi connectivity index (χ4v) is 6.88. The van der Waals surface area contributed by atoms with Crippen molar-refractivity contribution < 1.29 is 68.1 Å². The highest BCUT2D eigenvalue weighted by Gasteiger charge is 2.72. The molecule has 15 nitrogen and oxygen atoms in total. The molecule has 7 atom stereocenters. The van der Waals surface area contributed by atoms with Crippen LogP contribution in [0.2, 0.25) is 0 Å². The van der Waals surface area contributed by atoms with Gasteiger partial charge in [0.1, 0.15) is 11.9 Å². The molecule has 5 rings (SSSR count). The van der Waals surface area contributed by atoms with Gasteiger partial charge in [-0.3, -0.25) is 9.59 Å². The van der Waals surface area contributed by atoms with Crippen molar-refractivity contribution in [3.05, 3.63) is 35.1 Å². The number of benzene rings is 1. The Hall–Kier alpha value is -4.21. The van der Waals surface area contributed by atoms with Crippen LogP contribution in [-0.4, -0.2) is 112 Å². The molecule has 0 saturated carbocycles. The van der Waals surface area contributed by atoms with E-state index in [1.165, 1.54) is 7.11 Å². The monoisotopic (exact) mass is 619 g/mol. The zero-order chi connectivity index (χ0) is 32.1. The van der Waals surface area contributed by atoms with E-state index in [-0.39, 0.29) is 18.2 Å². The standard InChI is InChI=1S/C29H33NO14/c1-13(31)26(37)43-18(27(38)42-17(25(35)36)11-20(32)33)12-21(34)41-16-6-7-29(39)19-10-14-4-5-15(40-3)23-22(14)28(29,24(16)44-23)8-9-30(19)2/h4-6,13,17-19,24,31,39H,7-12H2,1-3H3,(H,32,33)(H,35,36)/t13-,17+,18-,19+,24-,28-,29+/m0/s1. The molecule has 4 N–H and O–H groups in total. The van der Waals surface area contributed by atoms with Crippen molar-refractivity contribution in [3.63, 3.8) is 0 Å². The Morgan fingerprint density at radius 3 is 2.43 bits per heavy atom. The van der Waals surface area contributed by atoms with E-state index in [1.54, 1.807) is 12.1 Å². The van der Waals surface area contributed by atoms with Gasteiger partial charge >= 0.3 is 29.8 Å². The van der Waals surface area contributed by atoms with E-state index in [9.17, 15) is 39.3 Å². The fraction of sp³-hybridized carbons (Fsp3) is 0.552. The van der Waals surface area contributed by atoms with Gasteiger partial charge in [-0.2, -0.15) is 0 Å². The van der Waals surface area contributed by atoms with Crippen molar-refractivity contribution in [2.45, 2.75) is 80.5 Å². The van der Waals surface area contributed by atoms with Gasteiger partial charge in [0.25, 0.3) is 0 Å². The maximum Gasteiger partial charge on any atom is 0.348 e. The van der Waals surface area contributed by atoms with Crippen molar-refractivity contribution in [1.82, 2.24) is 4.90 Å². The minimum Gasteiger partial charge on any atom is -0.493 e. The van der Waals surface area contributed by atoms with E-state index in [0.717, 1.165) is 18.1 Å². The third-order valence-corrected chi connectivity index (χ3v) is 8.90. The molecule has 238 valence electrons. The number of piperidine rings is 1. The Kier molecular flexibility index (Phi) is 8.07. The molecule has 1 saturated heterocycles. The molecule has 4 aliphatic rings. The van der Waals surface area contributed by atoms with Crippen LogP contribution in [0, 0.1) is 0 Å². The highest BCUT2D eigenvalue weighted by Crippen LogP contribution is 2.65. The molecule has 0 amide bonds. The Morgan fingerprint density at radius 1 is 1.09 bits per heavy atom. The van der Waals surface area contributed by atoms with Gasteiger partial charge in [0.15, 0.2) is 17.6 Å². The first-order chi connectivity index (χ1) is 20.7. The van der Waals surface area contributed by atoms with Crippen molar-refractivity contribution in [1.29, 1.82) is 0 Å². The molecule has 2 aliphatic carbocycles. The topological polar surface area (TPSA) is 216 Å². The molecule has 44 heavy (non-hydrogen) atoms. The molecule has 1 aromatic carbocycles. The second-order valence-electron chi connectivity index (χ2n) is 11.4. The van der Waals surface area contributed by atoms with Crippen molar-refractivity contribution in [3.8, 4) is 11.5 Å². The first-order valence-corrected chi connectivity index (χ1v) is 14.0. The molecule has 2 heterocycles. The molecule has 1 spiro atoms. The molecule has 1 fully saturated rings. The predicted octanol–water partition coefficient (Wildman–Crippen LogP) is -0.330. The number of aliphatic carboxylic acids is 2. The Morgan fingerprint density at radius 2 is 1.80 bits per heavy atom. The number of ether oxygens (including phenoxy) is 5. The molecule has 15 heteroatoms. The van der Waals surface area contributed by atoms with Gasteiger partial charge in [-0.15, -0.1) is 0 Å². The maximum atomic E-state index is 13.2. The molecule has 0 radical (unpaired) electrons. The minimum absolute atomic E-state index is 0.0531. The van der Waals surface area contributed by atoms with Gasteiger partial charge in [-0.25, -0.2) is 14.4 Å². The average Bonchev–Trinajstić information content (AvgIpc) is 3.31. The molecule has 0 unspecified atom stereocenters. The van der Waals surface area contributed by atoms with Crippen LogP contribution >= 0.6 is 0 Å². The number of methoxy groups -OCH3 is 1. The van der Waals surface area contributed by atoms with Crippen LogP contribution < -0.4 is 9.47 Å². The highest BCUT2D eigenvalue weighted by molar-refractivity contribution is 5.88. The Bertz CT molecular complexity index is 1440. The summed E-state index contributed by atoms with van der Waals surface area (Å²) in [5.74, 6) is -6.38. The number of aliphatic hydroxyl groups is 2.